The topological polar surface area (TPSA) is 410 Å². The number of hydrogen-bond donors (Lipinski definition) is 7. The van der Waals surface area contributed by atoms with Gasteiger partial charge in [-0.2, -0.15) is 0 Å². The number of rotatable bonds is 27. The number of aliphatic carboxylic acids is 1. The number of imide groups is 1. The molecule has 0 bridgehead atoms. The minimum absolute atomic E-state index is 0.0138. The van der Waals surface area contributed by atoms with Crippen LogP contribution in [0.3, 0.4) is 0 Å². The summed E-state index contributed by atoms with van der Waals surface area (Å²) >= 11 is 0. The summed E-state index contributed by atoms with van der Waals surface area (Å²) < 4.78 is 31.7. The van der Waals surface area contributed by atoms with Crippen molar-refractivity contribution in [1.82, 2.24) is 44.6 Å². The second kappa shape index (κ2) is 25.5. The third-order valence-corrected chi connectivity index (χ3v) is 12.3. The Labute approximate surface area is 459 Å². The van der Waals surface area contributed by atoms with Crippen LogP contribution in [0.15, 0.2) is 57.4 Å². The fourth-order valence-electron chi connectivity index (χ4n) is 8.43. The molecule has 0 radical (unpaired) electrons. The zero-order valence-corrected chi connectivity index (χ0v) is 44.7. The number of ether oxygens (including phenoxy) is 3. The van der Waals surface area contributed by atoms with Crippen LogP contribution in [0.25, 0.3) is 22.1 Å². The Morgan fingerprint density at radius 3 is 1.72 bits per heavy atom. The lowest BCUT2D eigenvalue weighted by Gasteiger charge is -2.21. The Balaban J connectivity index is 1.12. The molecule has 7 rings (SSSR count). The van der Waals surface area contributed by atoms with Crippen molar-refractivity contribution < 1.29 is 76.1 Å². The molecule has 0 fully saturated rings. The van der Waals surface area contributed by atoms with Crippen LogP contribution >= 0.6 is 0 Å². The average molecular weight is 1120 g/mol. The zero-order valence-electron chi connectivity index (χ0n) is 44.7. The Morgan fingerprint density at radius 1 is 0.728 bits per heavy atom. The van der Waals surface area contributed by atoms with E-state index in [1.165, 1.54) is 38.3 Å². The number of carboxylic acids is 1. The summed E-state index contributed by atoms with van der Waals surface area (Å²) in [6.45, 7) is 6.93. The number of nitrogens with two attached hydrogens (primary N) is 2. The summed E-state index contributed by atoms with van der Waals surface area (Å²) in [7, 11) is 1.39. The summed E-state index contributed by atoms with van der Waals surface area (Å²) in [6.07, 6.45) is 5.20. The third-order valence-electron chi connectivity index (χ3n) is 12.3. The van der Waals surface area contributed by atoms with Crippen molar-refractivity contribution in [2.24, 2.45) is 11.5 Å². The van der Waals surface area contributed by atoms with Gasteiger partial charge in [-0.25, -0.2) is 24.7 Å². The predicted octanol–water partition coefficient (Wildman–Crippen LogP) is 2.16. The van der Waals surface area contributed by atoms with Gasteiger partial charge in [0, 0.05) is 63.1 Å². The van der Waals surface area contributed by atoms with Crippen LogP contribution in [0, 0.1) is 13.8 Å². The molecule has 1 aliphatic heterocycles. The molecule has 6 aromatic rings. The van der Waals surface area contributed by atoms with Crippen molar-refractivity contribution in [1.29, 1.82) is 0 Å². The van der Waals surface area contributed by atoms with Crippen LogP contribution in [0.5, 0.6) is 11.5 Å². The first-order valence-corrected chi connectivity index (χ1v) is 25.2. The van der Waals surface area contributed by atoms with Crippen molar-refractivity contribution in [2.75, 3.05) is 37.5 Å². The summed E-state index contributed by atoms with van der Waals surface area (Å²) in [5.74, 6) is -7.72. The molecule has 1 aliphatic rings. The van der Waals surface area contributed by atoms with Gasteiger partial charge in [-0.15, -0.1) is 0 Å². The maximum Gasteiger partial charge on any atom is 0.328 e. The number of carbonyl (C=O) groups is 10. The van der Waals surface area contributed by atoms with Gasteiger partial charge >= 0.3 is 11.9 Å². The highest BCUT2D eigenvalue weighted by Crippen LogP contribution is 2.33. The van der Waals surface area contributed by atoms with Gasteiger partial charge in [-0.1, -0.05) is 26.0 Å². The molecule has 29 nitrogen and oxygen atoms in total. The Morgan fingerprint density at radius 2 is 1.23 bits per heavy atom. The molecule has 81 heavy (non-hydrogen) atoms. The van der Waals surface area contributed by atoms with Crippen molar-refractivity contribution in [3.63, 3.8) is 0 Å². The van der Waals surface area contributed by atoms with Crippen molar-refractivity contribution in [3.8, 4) is 11.5 Å². The number of primary amides is 2. The summed E-state index contributed by atoms with van der Waals surface area (Å²) in [6, 6.07) is 2.88. The largest absolute Gasteiger partial charge is 0.494 e. The van der Waals surface area contributed by atoms with Crippen molar-refractivity contribution >= 4 is 93.2 Å². The predicted molar refractivity (Wildman–Crippen MR) is 283 cm³/mol. The van der Waals surface area contributed by atoms with E-state index in [0.717, 1.165) is 12.2 Å². The summed E-state index contributed by atoms with van der Waals surface area (Å²) in [5, 5.41) is 19.5. The molecule has 0 spiro atoms. The number of fused-ring (bicyclic) bond motifs is 2. The molecule has 0 saturated carbocycles. The number of nitrogens with one attached hydrogen (secondary N) is 4. The van der Waals surface area contributed by atoms with Gasteiger partial charge in [0.05, 0.1) is 42.7 Å². The minimum Gasteiger partial charge on any atom is -0.494 e. The number of hydrogen-bond acceptors (Lipinski definition) is 19. The van der Waals surface area contributed by atoms with Crippen LogP contribution in [0.2, 0.25) is 0 Å². The van der Waals surface area contributed by atoms with Crippen LogP contribution in [-0.4, -0.2) is 137 Å². The Kier molecular flexibility index (Phi) is 18.4. The molecule has 426 valence electrons. The molecular weight excluding hydrogens is 1060 g/mol. The number of imidazole rings is 2. The number of allylic oxidation sites excluding steroid dienone is 2. The number of benzene rings is 2. The number of aromatic nitrogens is 6. The first-order valence-electron chi connectivity index (χ1n) is 25.2. The Bertz CT molecular complexity index is 3550. The van der Waals surface area contributed by atoms with Gasteiger partial charge in [0.15, 0.2) is 11.8 Å². The smallest absolute Gasteiger partial charge is 0.328 e. The third kappa shape index (κ3) is 13.7. The van der Waals surface area contributed by atoms with Crippen LogP contribution in [0.4, 0.5) is 11.9 Å². The quantitative estimate of drug-likeness (QED) is 0.0168. The lowest BCUT2D eigenvalue weighted by Crippen LogP contribution is -2.53. The van der Waals surface area contributed by atoms with E-state index in [0.29, 0.717) is 34.6 Å². The number of methoxy groups -OCH3 is 1. The monoisotopic (exact) mass is 1120 g/mol. The number of anilines is 2. The summed E-state index contributed by atoms with van der Waals surface area (Å²) in [5.41, 5.74) is 13.3. The standard InChI is InChI=1S/C52H57N13O16/c1-7-30-43(80-26(4)56-30)48(74)61-51-59-33-20-28(45(53)71)22-35(77-6)41(33)63(51)16-9-10-17-64-42-34(60-52(64)62-49(75)44-31(8-2)57-27(5)81-44)21-29(46(54)72)23-36(42)78-18-11-19-79-50(76)25(3)55-47(73)32(12-15-40(69)70)58-37(66)24-65-38(67)13-14-39(65)68/h9-10,13-14,20-23,25,32H,7-8,11-12,15-19,24H2,1-6H3,(H2,53,71)(H2,54,72)(H,55,73)(H,58,66)(H,69,70)(H,59,61,74)(H,60,62,75)/b10-9+/t25-,32-/m1/s1. The van der Waals surface area contributed by atoms with Gasteiger partial charge < -0.3 is 59.4 Å². The SMILES string of the molecule is CCc1nc(C)oc1C(=O)Nc1nc2cc(C(N)=O)cc(OC)c2n1C/C=C/Cn1c(NC(=O)c2oc(C)nc2CC)nc2cc(C(N)=O)cc(OCCCOC(=O)[C@@H](C)NC(=O)[C@@H](CCC(=O)O)NC(=O)CN3C(=O)C=CC3=O)c21. The molecule has 2 atom stereocenters. The lowest BCUT2D eigenvalue weighted by molar-refractivity contribution is -0.148. The number of aryl methyl sites for hydroxylation is 4. The van der Waals surface area contributed by atoms with E-state index in [1.54, 1.807) is 42.1 Å². The molecule has 0 saturated heterocycles. The number of carbonyl (C=O) groups excluding carboxylic acids is 9. The highest BCUT2D eigenvalue weighted by Gasteiger charge is 2.31. The van der Waals surface area contributed by atoms with Gasteiger partial charge in [0.25, 0.3) is 23.6 Å². The maximum atomic E-state index is 13.9. The van der Waals surface area contributed by atoms with E-state index in [-0.39, 0.29) is 107 Å². The first-order chi connectivity index (χ1) is 38.6. The molecule has 9 N–H and O–H groups in total. The lowest BCUT2D eigenvalue weighted by atomic mass is 10.1. The van der Waals surface area contributed by atoms with E-state index in [2.05, 4.69) is 41.2 Å². The number of nitrogens with zero attached hydrogens (tertiary/aromatic N) is 7. The molecule has 0 aliphatic carbocycles. The first kappa shape index (κ1) is 58.5. The average Bonchev–Trinajstić information content (AvgIpc) is 4.36. The fraction of sp³-hybridized carbons (Fsp3) is 0.346. The van der Waals surface area contributed by atoms with Gasteiger partial charge in [-0.05, 0) is 50.5 Å². The molecule has 0 unspecified atom stereocenters. The van der Waals surface area contributed by atoms with E-state index in [1.807, 2.05) is 6.92 Å². The highest BCUT2D eigenvalue weighted by molar-refractivity contribution is 6.14. The van der Waals surface area contributed by atoms with E-state index in [4.69, 9.17) is 34.5 Å². The second-order valence-electron chi connectivity index (χ2n) is 18.1. The van der Waals surface area contributed by atoms with Gasteiger partial charge in [-0.3, -0.25) is 58.7 Å². The molecule has 29 heteroatoms. The molecule has 2 aromatic carbocycles. The molecule has 5 heterocycles. The normalized spacial score (nSPS) is 12.9. The van der Waals surface area contributed by atoms with Crippen LogP contribution in [-0.2, 0) is 59.4 Å². The highest BCUT2D eigenvalue weighted by atomic mass is 16.5. The number of oxazole rings is 2. The van der Waals surface area contributed by atoms with E-state index >= 15 is 0 Å². The fourth-order valence-corrected chi connectivity index (χ4v) is 8.43. The zero-order chi connectivity index (χ0) is 58.8. The van der Waals surface area contributed by atoms with Crippen LogP contribution < -0.4 is 42.2 Å². The van der Waals surface area contributed by atoms with Gasteiger partial charge in [0.1, 0.15) is 41.2 Å². The second-order valence-corrected chi connectivity index (χ2v) is 18.1. The van der Waals surface area contributed by atoms with Crippen LogP contribution in [0.1, 0.15) is 105 Å². The minimum atomic E-state index is -1.47. The Hall–Kier alpha value is -10.2. The van der Waals surface area contributed by atoms with E-state index < -0.39 is 90.7 Å². The van der Waals surface area contributed by atoms with Gasteiger partial charge in [0.2, 0.25) is 47.0 Å². The number of carboxylic acid groups (broad SMARTS) is 1. The molecule has 8 amide bonds. The molecular formula is C52H57N13O16. The van der Waals surface area contributed by atoms with Crippen molar-refractivity contribution in [2.45, 2.75) is 91.9 Å². The van der Waals surface area contributed by atoms with Crippen molar-refractivity contribution in [3.05, 3.63) is 94.4 Å². The molecule has 4 aromatic heterocycles. The summed E-state index contributed by atoms with van der Waals surface area (Å²) in [4.78, 5) is 145. The number of amides is 8. The van der Waals surface area contributed by atoms with E-state index in [9.17, 15) is 53.1 Å². The number of esters is 1. The maximum absolute atomic E-state index is 13.9.